The number of hydrogen-bond donors (Lipinski definition) is 2. The number of hydrogen-bond acceptors (Lipinski definition) is 4. The second-order valence-corrected chi connectivity index (χ2v) is 6.04. The lowest BCUT2D eigenvalue weighted by Crippen LogP contribution is -2.16. The molecule has 104 valence electrons. The van der Waals surface area contributed by atoms with Crippen LogP contribution in [0.1, 0.15) is 19.8 Å². The number of nitrogens with two attached hydrogens (primary N) is 1. The molecule has 1 aliphatic rings. The van der Waals surface area contributed by atoms with E-state index >= 15 is 0 Å². The fraction of sp³-hybridized carbons (Fsp3) is 0.500. The minimum Gasteiger partial charge on any atom is -0.399 e. The number of carbonyl (C=O) groups is 1. The van der Waals surface area contributed by atoms with E-state index in [9.17, 15) is 4.79 Å². The van der Waals surface area contributed by atoms with E-state index in [0.29, 0.717) is 23.5 Å². The third-order valence-corrected chi connectivity index (χ3v) is 4.65. The molecule has 1 amide bonds. The molecular weight excluding hydrogens is 260 g/mol. The van der Waals surface area contributed by atoms with Gasteiger partial charge in [-0.25, -0.2) is 0 Å². The van der Waals surface area contributed by atoms with Crippen molar-refractivity contribution in [1.82, 2.24) is 0 Å². The molecule has 4 nitrogen and oxygen atoms in total. The number of thioether (sulfide) groups is 1. The van der Waals surface area contributed by atoms with Gasteiger partial charge in [0.1, 0.15) is 0 Å². The number of nitrogen functional groups attached to an aromatic ring is 1. The Morgan fingerprint density at radius 3 is 2.84 bits per heavy atom. The summed E-state index contributed by atoms with van der Waals surface area (Å²) in [6.45, 7) is 2.94. The number of amides is 1. The lowest BCUT2D eigenvalue weighted by Gasteiger charge is -2.13. The molecular formula is C14H20N2O2S. The van der Waals surface area contributed by atoms with Crippen LogP contribution in [0.3, 0.4) is 0 Å². The highest BCUT2D eigenvalue weighted by Gasteiger charge is 2.24. The average molecular weight is 280 g/mol. The van der Waals surface area contributed by atoms with Crippen molar-refractivity contribution in [3.8, 4) is 0 Å². The molecule has 2 rings (SSSR count). The summed E-state index contributed by atoms with van der Waals surface area (Å²) in [6, 6.07) is 7.18. The van der Waals surface area contributed by atoms with Crippen LogP contribution in [0.4, 0.5) is 11.4 Å². The fourth-order valence-electron chi connectivity index (χ4n) is 2.02. The Kier molecular flexibility index (Phi) is 5.10. The maximum absolute atomic E-state index is 11.8. The molecule has 1 aliphatic heterocycles. The Morgan fingerprint density at radius 2 is 2.21 bits per heavy atom. The molecule has 1 saturated heterocycles. The molecule has 5 heteroatoms. The molecule has 3 N–H and O–H groups in total. The minimum atomic E-state index is 0.0452. The summed E-state index contributed by atoms with van der Waals surface area (Å²) in [4.78, 5) is 11.8. The average Bonchev–Trinajstić information content (AvgIpc) is 2.78. The van der Waals surface area contributed by atoms with Crippen molar-refractivity contribution in [1.29, 1.82) is 0 Å². The van der Waals surface area contributed by atoms with Gasteiger partial charge in [0.2, 0.25) is 5.91 Å². The van der Waals surface area contributed by atoms with Gasteiger partial charge in [0, 0.05) is 35.4 Å². The van der Waals surface area contributed by atoms with Gasteiger partial charge in [0.05, 0.1) is 6.10 Å². The standard InChI is InChI=1S/C14H20N2O2S/c1-10-13(6-8-18-10)19-9-7-14(17)16-12-4-2-11(15)3-5-12/h2-5,10,13H,6-9,15H2,1H3,(H,16,17). The Hall–Kier alpha value is -1.20. The van der Waals surface area contributed by atoms with E-state index in [0.717, 1.165) is 24.5 Å². The summed E-state index contributed by atoms with van der Waals surface area (Å²) in [5.74, 6) is 0.878. The maximum Gasteiger partial charge on any atom is 0.225 e. The normalized spacial score (nSPS) is 22.4. The Bertz CT molecular complexity index is 422. The van der Waals surface area contributed by atoms with E-state index in [-0.39, 0.29) is 5.91 Å². The Balaban J connectivity index is 1.68. The highest BCUT2D eigenvalue weighted by molar-refractivity contribution is 7.99. The van der Waals surface area contributed by atoms with Crippen molar-refractivity contribution in [3.63, 3.8) is 0 Å². The van der Waals surface area contributed by atoms with E-state index in [1.807, 2.05) is 23.9 Å². The number of rotatable bonds is 5. The van der Waals surface area contributed by atoms with Gasteiger partial charge in [-0.2, -0.15) is 11.8 Å². The highest BCUT2D eigenvalue weighted by Crippen LogP contribution is 2.26. The van der Waals surface area contributed by atoms with Gasteiger partial charge < -0.3 is 15.8 Å². The van der Waals surface area contributed by atoms with Gasteiger partial charge in [0.15, 0.2) is 0 Å². The highest BCUT2D eigenvalue weighted by atomic mass is 32.2. The van der Waals surface area contributed by atoms with Crippen molar-refractivity contribution < 1.29 is 9.53 Å². The van der Waals surface area contributed by atoms with Crippen molar-refractivity contribution in [2.75, 3.05) is 23.4 Å². The molecule has 1 heterocycles. The van der Waals surface area contributed by atoms with E-state index in [4.69, 9.17) is 10.5 Å². The molecule has 0 aromatic heterocycles. The van der Waals surface area contributed by atoms with E-state index in [1.54, 1.807) is 12.1 Å². The third-order valence-electron chi connectivity index (χ3n) is 3.16. The smallest absolute Gasteiger partial charge is 0.225 e. The van der Waals surface area contributed by atoms with Gasteiger partial charge >= 0.3 is 0 Å². The summed E-state index contributed by atoms with van der Waals surface area (Å²) in [7, 11) is 0. The zero-order valence-corrected chi connectivity index (χ0v) is 11.9. The molecule has 0 saturated carbocycles. The minimum absolute atomic E-state index is 0.0452. The number of ether oxygens (including phenoxy) is 1. The number of nitrogens with one attached hydrogen (secondary N) is 1. The van der Waals surface area contributed by atoms with Gasteiger partial charge in [-0.15, -0.1) is 0 Å². The van der Waals surface area contributed by atoms with Crippen LogP contribution in [-0.4, -0.2) is 29.6 Å². The monoisotopic (exact) mass is 280 g/mol. The Labute approximate surface area is 118 Å². The first-order chi connectivity index (χ1) is 9.15. The largest absolute Gasteiger partial charge is 0.399 e. The van der Waals surface area contributed by atoms with Gasteiger partial charge in [-0.1, -0.05) is 0 Å². The maximum atomic E-state index is 11.8. The third kappa shape index (κ3) is 4.44. The van der Waals surface area contributed by atoms with Crippen molar-refractivity contribution >= 4 is 29.0 Å². The van der Waals surface area contributed by atoms with Crippen LogP contribution in [0.5, 0.6) is 0 Å². The predicted octanol–water partition coefficient (Wildman–Crippen LogP) is 2.51. The summed E-state index contributed by atoms with van der Waals surface area (Å²) in [5, 5.41) is 3.40. The van der Waals surface area contributed by atoms with Gasteiger partial charge in [-0.3, -0.25) is 4.79 Å². The molecule has 2 atom stereocenters. The van der Waals surface area contributed by atoms with Crippen LogP contribution in [0, 0.1) is 0 Å². The predicted molar refractivity (Wildman–Crippen MR) is 80.4 cm³/mol. The van der Waals surface area contributed by atoms with E-state index in [1.165, 1.54) is 0 Å². The summed E-state index contributed by atoms with van der Waals surface area (Å²) >= 11 is 1.83. The summed E-state index contributed by atoms with van der Waals surface area (Å²) < 4.78 is 5.50. The van der Waals surface area contributed by atoms with E-state index in [2.05, 4.69) is 12.2 Å². The lowest BCUT2D eigenvalue weighted by molar-refractivity contribution is -0.115. The first-order valence-corrected chi connectivity index (χ1v) is 7.58. The zero-order valence-electron chi connectivity index (χ0n) is 11.1. The summed E-state index contributed by atoms with van der Waals surface area (Å²) in [6.07, 6.45) is 1.93. The second kappa shape index (κ2) is 6.82. The van der Waals surface area contributed by atoms with Crippen LogP contribution in [-0.2, 0) is 9.53 Å². The van der Waals surface area contributed by atoms with Crippen LogP contribution in [0.15, 0.2) is 24.3 Å². The molecule has 19 heavy (non-hydrogen) atoms. The number of carbonyl (C=O) groups excluding carboxylic acids is 1. The molecule has 1 aromatic carbocycles. The molecule has 0 bridgehead atoms. The molecule has 0 radical (unpaired) electrons. The second-order valence-electron chi connectivity index (χ2n) is 4.69. The van der Waals surface area contributed by atoms with Crippen LogP contribution in [0.2, 0.25) is 0 Å². The van der Waals surface area contributed by atoms with Crippen molar-refractivity contribution in [2.45, 2.75) is 31.1 Å². The molecule has 2 unspecified atom stereocenters. The molecule has 0 spiro atoms. The fourth-order valence-corrected chi connectivity index (χ4v) is 3.24. The Morgan fingerprint density at radius 1 is 1.47 bits per heavy atom. The number of anilines is 2. The topological polar surface area (TPSA) is 64.3 Å². The lowest BCUT2D eigenvalue weighted by atomic mass is 10.3. The van der Waals surface area contributed by atoms with Gasteiger partial charge in [0.25, 0.3) is 0 Å². The van der Waals surface area contributed by atoms with Crippen LogP contribution in [0.25, 0.3) is 0 Å². The first-order valence-electron chi connectivity index (χ1n) is 6.54. The number of benzene rings is 1. The molecule has 1 aromatic rings. The molecule has 0 aliphatic carbocycles. The SMILES string of the molecule is CC1OCCC1SCCC(=O)Nc1ccc(N)cc1. The quantitative estimate of drug-likeness (QED) is 0.813. The van der Waals surface area contributed by atoms with E-state index < -0.39 is 0 Å². The van der Waals surface area contributed by atoms with Crippen molar-refractivity contribution in [2.24, 2.45) is 0 Å². The van der Waals surface area contributed by atoms with Crippen LogP contribution < -0.4 is 11.1 Å². The van der Waals surface area contributed by atoms with Crippen molar-refractivity contribution in [3.05, 3.63) is 24.3 Å². The summed E-state index contributed by atoms with van der Waals surface area (Å²) in [5.41, 5.74) is 7.08. The molecule has 1 fully saturated rings. The van der Waals surface area contributed by atoms with Gasteiger partial charge in [-0.05, 0) is 37.6 Å². The van der Waals surface area contributed by atoms with Crippen LogP contribution >= 0.6 is 11.8 Å². The first kappa shape index (κ1) is 14.2. The zero-order chi connectivity index (χ0) is 13.7.